The maximum atomic E-state index is 12.9. The maximum absolute atomic E-state index is 12.9. The van der Waals surface area contributed by atoms with E-state index >= 15 is 0 Å². The molecule has 0 aromatic rings. The van der Waals surface area contributed by atoms with Crippen LogP contribution in [-0.4, -0.2) is 79.2 Å². The molecule has 0 saturated heterocycles. The fourth-order valence-corrected chi connectivity index (χ4v) is 8.67. The zero-order chi connectivity index (χ0) is 44.9. The molecule has 362 valence electrons. The van der Waals surface area contributed by atoms with Gasteiger partial charge in [0.05, 0.1) is 6.61 Å². The largest absolute Gasteiger partial charge is 0.466 e. The molecule has 61 heavy (non-hydrogen) atoms. The minimum Gasteiger partial charge on any atom is -0.466 e. The van der Waals surface area contributed by atoms with Gasteiger partial charge in [-0.3, -0.25) is 19.3 Å². The van der Waals surface area contributed by atoms with Crippen molar-refractivity contribution in [2.75, 3.05) is 40.3 Å². The molecule has 1 unspecified atom stereocenters. The molecule has 0 aliphatic heterocycles. The number of amidine groups is 1. The average molecular weight is 883 g/mol. The number of unbranched alkanes of at least 4 members (excludes halogenated alkanes) is 26. The first-order chi connectivity index (χ1) is 29.7. The Morgan fingerprint density at radius 2 is 0.918 bits per heavy atom. The van der Waals surface area contributed by atoms with Crippen molar-refractivity contribution in [3.8, 4) is 0 Å². The Hall–Kier alpha value is -1.65. The molecule has 0 saturated carbocycles. The van der Waals surface area contributed by atoms with E-state index in [-0.39, 0.29) is 18.0 Å². The third kappa shape index (κ3) is 42.1. The summed E-state index contributed by atoms with van der Waals surface area (Å²) < 4.78 is 29.6. The van der Waals surface area contributed by atoms with Crippen LogP contribution in [0.15, 0.2) is 4.99 Å². The molecular weight excluding hydrogens is 781 g/mol. The van der Waals surface area contributed by atoms with Crippen molar-refractivity contribution in [3.05, 3.63) is 0 Å². The van der Waals surface area contributed by atoms with Crippen molar-refractivity contribution in [3.63, 3.8) is 0 Å². The van der Waals surface area contributed by atoms with Crippen molar-refractivity contribution in [1.29, 1.82) is 0 Å². The van der Waals surface area contributed by atoms with Crippen LogP contribution in [0.2, 0.25) is 0 Å². The van der Waals surface area contributed by atoms with E-state index in [1.54, 1.807) is 14.1 Å². The van der Waals surface area contributed by atoms with Crippen LogP contribution >= 0.6 is 0 Å². The molecule has 0 radical (unpaired) electrons. The molecule has 0 aromatic heterocycles. The molecule has 9 nitrogen and oxygen atoms in total. The Balaban J connectivity index is 4.56. The number of aliphatic imine (C=N–C) groups is 1. The van der Waals surface area contributed by atoms with E-state index in [0.717, 1.165) is 103 Å². The van der Waals surface area contributed by atoms with Gasteiger partial charge < -0.3 is 14.4 Å². The molecule has 0 bridgehead atoms. The highest BCUT2D eigenvalue weighted by molar-refractivity contribution is 7.97. The second-order valence-corrected chi connectivity index (χ2v) is 19.9. The van der Waals surface area contributed by atoms with E-state index in [2.05, 4.69) is 46.0 Å². The summed E-state index contributed by atoms with van der Waals surface area (Å²) in [7, 11) is 0.817. The van der Waals surface area contributed by atoms with Crippen LogP contribution in [0.4, 0.5) is 0 Å². The predicted molar refractivity (Wildman–Crippen MR) is 266 cm³/mol. The van der Waals surface area contributed by atoms with Crippen molar-refractivity contribution >= 4 is 33.5 Å². The molecule has 0 aliphatic carbocycles. The summed E-state index contributed by atoms with van der Waals surface area (Å²) in [4.78, 5) is 31.9. The number of carbonyl (C=O) groups is 2. The second kappa shape index (κ2) is 44.9. The lowest BCUT2D eigenvalue weighted by Crippen LogP contribution is -2.38. The molecule has 2 N–H and O–H groups in total. The van der Waals surface area contributed by atoms with Gasteiger partial charge in [-0.1, -0.05) is 168 Å². The first kappa shape index (κ1) is 59.4. The summed E-state index contributed by atoms with van der Waals surface area (Å²) in [5, 5.41) is 0. The van der Waals surface area contributed by atoms with E-state index in [0.29, 0.717) is 19.4 Å². The van der Waals surface area contributed by atoms with Crippen LogP contribution < -0.4 is 9.44 Å². The SMILES string of the molecule is C=S(=O)(NC)NC(CCCCN(CCCCCCCCC(=O)OCCCCCCCCC)CCCCCCCC(=O)OC(CCCCCCCC)CCCCCCCC)=NC. The van der Waals surface area contributed by atoms with Gasteiger partial charge in [-0.2, -0.15) is 0 Å². The van der Waals surface area contributed by atoms with Gasteiger partial charge in [-0.05, 0) is 103 Å². The summed E-state index contributed by atoms with van der Waals surface area (Å²) in [5.41, 5.74) is 0. The molecule has 0 spiro atoms. The van der Waals surface area contributed by atoms with Gasteiger partial charge in [-0.25, -0.2) is 8.93 Å². The topological polar surface area (TPSA) is 109 Å². The Kier molecular flexibility index (Phi) is 43.7. The minimum atomic E-state index is -2.56. The van der Waals surface area contributed by atoms with Gasteiger partial charge in [-0.15, -0.1) is 0 Å². The highest BCUT2D eigenvalue weighted by atomic mass is 32.2. The van der Waals surface area contributed by atoms with Crippen molar-refractivity contribution < 1.29 is 23.3 Å². The standard InChI is InChI=1S/C51H102N4O5S/c1-7-10-13-16-21-29-38-47-59-50(56)42-32-25-19-20-27-35-44-55(46-37-34-41-49(52-4)54-61(6,58)53-5)45-36-28-22-26-33-43-51(57)60-48(39-30-23-17-14-11-8-2)40-31-24-18-15-12-9-3/h48H,6-47H2,1-5H3,(H2,52,53,54,58). The summed E-state index contributed by atoms with van der Waals surface area (Å²) in [5.74, 6) is 4.44. The van der Waals surface area contributed by atoms with Gasteiger partial charge in [0.25, 0.3) is 0 Å². The zero-order valence-electron chi connectivity index (χ0n) is 41.1. The monoisotopic (exact) mass is 883 g/mol. The molecular formula is C51H102N4O5S. The summed E-state index contributed by atoms with van der Waals surface area (Å²) in [6, 6.07) is 0. The number of nitrogens with zero attached hydrogens (tertiary/aromatic N) is 2. The highest BCUT2D eigenvalue weighted by Gasteiger charge is 2.15. The lowest BCUT2D eigenvalue weighted by Gasteiger charge is -2.22. The van der Waals surface area contributed by atoms with Gasteiger partial charge in [0.2, 0.25) is 0 Å². The lowest BCUT2D eigenvalue weighted by molar-refractivity contribution is -0.150. The number of rotatable bonds is 47. The van der Waals surface area contributed by atoms with Crippen LogP contribution in [0.1, 0.15) is 258 Å². The van der Waals surface area contributed by atoms with E-state index in [1.807, 2.05) is 0 Å². The van der Waals surface area contributed by atoms with E-state index in [1.165, 1.54) is 148 Å². The van der Waals surface area contributed by atoms with E-state index in [4.69, 9.17) is 9.47 Å². The van der Waals surface area contributed by atoms with Gasteiger partial charge in [0.1, 0.15) is 21.8 Å². The second-order valence-electron chi connectivity index (χ2n) is 17.9. The Labute approximate surface area is 379 Å². The molecule has 0 heterocycles. The average Bonchev–Trinajstić information content (AvgIpc) is 3.25. The number of hydrogen-bond acceptors (Lipinski definition) is 7. The van der Waals surface area contributed by atoms with E-state index in [9.17, 15) is 13.8 Å². The number of hydrogen-bond donors (Lipinski definition) is 2. The first-order valence-corrected chi connectivity index (χ1v) is 27.8. The molecule has 0 aliphatic rings. The lowest BCUT2D eigenvalue weighted by atomic mass is 10.0. The Morgan fingerprint density at radius 1 is 0.541 bits per heavy atom. The summed E-state index contributed by atoms with van der Waals surface area (Å²) in [6.07, 6.45) is 42.3. The molecule has 0 rings (SSSR count). The van der Waals surface area contributed by atoms with Crippen molar-refractivity contribution in [2.45, 2.75) is 264 Å². The third-order valence-corrected chi connectivity index (χ3v) is 13.3. The molecule has 0 amide bonds. The molecule has 0 aromatic carbocycles. The number of carbonyl (C=O) groups excluding carboxylic acids is 2. The van der Waals surface area contributed by atoms with Crippen LogP contribution in [-0.2, 0) is 29.0 Å². The van der Waals surface area contributed by atoms with Gasteiger partial charge >= 0.3 is 11.9 Å². The number of nitrogens with one attached hydrogen (secondary N) is 2. The van der Waals surface area contributed by atoms with Crippen molar-refractivity contribution in [2.24, 2.45) is 4.99 Å². The van der Waals surface area contributed by atoms with E-state index < -0.39 is 9.89 Å². The fourth-order valence-electron chi connectivity index (χ4n) is 7.99. The quantitative estimate of drug-likeness (QED) is 0.0207. The van der Waals surface area contributed by atoms with Crippen LogP contribution in [0, 0.1) is 0 Å². The minimum absolute atomic E-state index is 0.0136. The fraction of sp³-hybridized carbons (Fsp3) is 0.922. The third-order valence-electron chi connectivity index (χ3n) is 12.0. The summed E-state index contributed by atoms with van der Waals surface area (Å²) >= 11 is 0. The molecule has 0 fully saturated rings. The zero-order valence-corrected chi connectivity index (χ0v) is 41.9. The van der Waals surface area contributed by atoms with Gasteiger partial charge in [0, 0.05) is 26.3 Å². The van der Waals surface area contributed by atoms with Crippen LogP contribution in [0.5, 0.6) is 0 Å². The van der Waals surface area contributed by atoms with Crippen LogP contribution in [0.25, 0.3) is 0 Å². The smallest absolute Gasteiger partial charge is 0.306 e. The Bertz CT molecular complexity index is 1100. The maximum Gasteiger partial charge on any atom is 0.306 e. The predicted octanol–water partition coefficient (Wildman–Crippen LogP) is 13.6. The van der Waals surface area contributed by atoms with Crippen LogP contribution in [0.3, 0.4) is 0 Å². The first-order valence-electron chi connectivity index (χ1n) is 26.1. The summed E-state index contributed by atoms with van der Waals surface area (Å²) in [6.45, 7) is 10.6. The number of esters is 2. The molecule has 1 atom stereocenters. The Morgan fingerprint density at radius 3 is 1.38 bits per heavy atom. The normalized spacial score (nSPS) is 12.9. The number of ether oxygens (including phenoxy) is 2. The molecule has 10 heteroatoms. The van der Waals surface area contributed by atoms with Crippen molar-refractivity contribution in [1.82, 2.24) is 14.3 Å². The van der Waals surface area contributed by atoms with Gasteiger partial charge in [0.15, 0.2) is 0 Å². The highest BCUT2D eigenvalue weighted by Crippen LogP contribution is 2.19.